The lowest BCUT2D eigenvalue weighted by molar-refractivity contribution is -0.171. The summed E-state index contributed by atoms with van der Waals surface area (Å²) in [6.07, 6.45) is -0.0756. The molecule has 1 saturated carbocycles. The molecule has 1 fully saturated rings. The second-order valence-corrected chi connectivity index (χ2v) is 9.17. The van der Waals surface area contributed by atoms with Gasteiger partial charge in [0, 0.05) is 21.5 Å². The van der Waals surface area contributed by atoms with Crippen LogP contribution in [0.1, 0.15) is 60.4 Å². The Kier molecular flexibility index (Phi) is 7.41. The molecule has 1 heterocycles. The van der Waals surface area contributed by atoms with E-state index in [2.05, 4.69) is 5.32 Å². The van der Waals surface area contributed by atoms with Gasteiger partial charge in [-0.25, -0.2) is 0 Å². The van der Waals surface area contributed by atoms with E-state index in [9.17, 15) is 22.8 Å². The van der Waals surface area contributed by atoms with E-state index in [0.717, 1.165) is 37.0 Å². The Labute approximate surface area is 184 Å². The highest BCUT2D eigenvalue weighted by molar-refractivity contribution is 7.12. The van der Waals surface area contributed by atoms with E-state index >= 15 is 0 Å². The Hall–Kier alpha value is -2.35. The van der Waals surface area contributed by atoms with Crippen LogP contribution >= 0.6 is 11.3 Å². The molecule has 1 atom stereocenters. The van der Waals surface area contributed by atoms with Crippen molar-refractivity contribution in [2.24, 2.45) is 0 Å². The van der Waals surface area contributed by atoms with Crippen molar-refractivity contribution in [1.82, 2.24) is 5.32 Å². The normalized spacial score (nSPS) is 16.0. The molecule has 0 spiro atoms. The molecule has 0 saturated heterocycles. The molecule has 31 heavy (non-hydrogen) atoms. The number of amides is 2. The summed E-state index contributed by atoms with van der Waals surface area (Å²) in [5.74, 6) is -2.61. The third-order valence-corrected chi connectivity index (χ3v) is 6.64. The molecule has 0 radical (unpaired) electrons. The topological polar surface area (TPSA) is 49.4 Å². The lowest BCUT2D eigenvalue weighted by Gasteiger charge is -2.34. The molecule has 1 N–H and O–H groups in total. The second kappa shape index (κ2) is 9.85. The predicted molar refractivity (Wildman–Crippen MR) is 116 cm³/mol. The highest BCUT2D eigenvalue weighted by Gasteiger charge is 2.48. The second-order valence-electron chi connectivity index (χ2n) is 7.85. The average molecular weight is 453 g/mol. The van der Waals surface area contributed by atoms with Crippen LogP contribution in [0.5, 0.6) is 0 Å². The Balaban J connectivity index is 2.10. The Morgan fingerprint density at radius 3 is 2.39 bits per heavy atom. The van der Waals surface area contributed by atoms with Gasteiger partial charge in [-0.2, -0.15) is 13.2 Å². The van der Waals surface area contributed by atoms with Gasteiger partial charge in [-0.05, 0) is 49.9 Å². The fourth-order valence-electron chi connectivity index (χ4n) is 4.05. The van der Waals surface area contributed by atoms with Crippen molar-refractivity contribution in [3.05, 3.63) is 51.7 Å². The third kappa shape index (κ3) is 5.47. The molecular weight excluding hydrogens is 425 g/mol. The van der Waals surface area contributed by atoms with Crippen molar-refractivity contribution in [3.63, 3.8) is 0 Å². The van der Waals surface area contributed by atoms with Crippen LogP contribution < -0.4 is 10.2 Å². The number of benzene rings is 1. The number of thiophene rings is 1. The van der Waals surface area contributed by atoms with Gasteiger partial charge in [0.25, 0.3) is 0 Å². The Morgan fingerprint density at radius 1 is 1.13 bits per heavy atom. The summed E-state index contributed by atoms with van der Waals surface area (Å²) in [5.41, 5.74) is 0.686. The van der Waals surface area contributed by atoms with Gasteiger partial charge >= 0.3 is 12.1 Å². The predicted octanol–water partition coefficient (Wildman–Crippen LogP) is 5.70. The van der Waals surface area contributed by atoms with Crippen molar-refractivity contribution >= 4 is 28.8 Å². The first kappa shape index (κ1) is 23.3. The lowest BCUT2D eigenvalue weighted by atomic mass is 9.95. The van der Waals surface area contributed by atoms with Crippen LogP contribution in [-0.2, 0) is 16.0 Å². The summed E-state index contributed by atoms with van der Waals surface area (Å²) in [4.78, 5) is 28.0. The highest BCUT2D eigenvalue weighted by Crippen LogP contribution is 2.37. The SMILES string of the molecule is CCc1ccccc1N(C(=O)C(F)(F)F)[C@@H](C(=O)NC1CCCCC1)c1ccc(C)s1. The molecule has 2 aromatic rings. The maximum absolute atomic E-state index is 13.7. The molecule has 0 unspecified atom stereocenters. The van der Waals surface area contributed by atoms with Gasteiger partial charge in [-0.15, -0.1) is 11.3 Å². The molecular formula is C23H27F3N2O2S. The molecule has 1 aromatic heterocycles. The summed E-state index contributed by atoms with van der Waals surface area (Å²) < 4.78 is 41.1. The largest absolute Gasteiger partial charge is 0.471 e. The highest BCUT2D eigenvalue weighted by atomic mass is 32.1. The fraction of sp³-hybridized carbons (Fsp3) is 0.478. The summed E-state index contributed by atoms with van der Waals surface area (Å²) in [5, 5.41) is 2.93. The molecule has 168 valence electrons. The number of nitrogens with one attached hydrogen (secondary N) is 1. The Morgan fingerprint density at radius 2 is 1.81 bits per heavy atom. The third-order valence-electron chi connectivity index (χ3n) is 5.58. The van der Waals surface area contributed by atoms with E-state index in [1.807, 2.05) is 13.8 Å². The van der Waals surface area contributed by atoms with E-state index in [1.54, 1.807) is 30.3 Å². The van der Waals surface area contributed by atoms with Gasteiger partial charge in [-0.3, -0.25) is 14.5 Å². The van der Waals surface area contributed by atoms with Crippen LogP contribution in [0.15, 0.2) is 36.4 Å². The quantitative estimate of drug-likeness (QED) is 0.611. The minimum absolute atomic E-state index is 0.0888. The summed E-state index contributed by atoms with van der Waals surface area (Å²) in [6, 6.07) is 8.37. The fourth-order valence-corrected chi connectivity index (χ4v) is 5.02. The standard InChI is InChI=1S/C23H27F3N2O2S/c1-3-16-9-7-8-12-18(16)28(22(30)23(24,25)26)20(19-14-13-15(2)31-19)21(29)27-17-10-5-4-6-11-17/h7-9,12-14,17,20H,3-6,10-11H2,1-2H3,(H,27,29)/t20-/m1/s1. The van der Waals surface area contributed by atoms with Crippen LogP contribution in [0.4, 0.5) is 18.9 Å². The van der Waals surface area contributed by atoms with Gasteiger partial charge in [0.1, 0.15) is 0 Å². The van der Waals surface area contributed by atoms with Crippen molar-refractivity contribution in [2.75, 3.05) is 4.90 Å². The molecule has 4 nitrogen and oxygen atoms in total. The number of hydrogen-bond donors (Lipinski definition) is 1. The molecule has 3 rings (SSSR count). The van der Waals surface area contributed by atoms with Gasteiger partial charge < -0.3 is 5.32 Å². The molecule has 1 aromatic carbocycles. The van der Waals surface area contributed by atoms with Crippen LogP contribution in [0, 0.1) is 6.92 Å². The van der Waals surface area contributed by atoms with Gasteiger partial charge in [-0.1, -0.05) is 44.4 Å². The molecule has 1 aliphatic carbocycles. The number of hydrogen-bond acceptors (Lipinski definition) is 3. The van der Waals surface area contributed by atoms with Crippen LogP contribution in [0.25, 0.3) is 0 Å². The molecule has 2 amide bonds. The summed E-state index contributed by atoms with van der Waals surface area (Å²) in [6.45, 7) is 3.63. The van der Waals surface area contributed by atoms with Gasteiger partial charge in [0.05, 0.1) is 0 Å². The first-order chi connectivity index (χ1) is 14.7. The number of halogens is 3. The molecule has 0 aliphatic heterocycles. The zero-order valence-electron chi connectivity index (χ0n) is 17.7. The molecule has 0 bridgehead atoms. The number of alkyl halides is 3. The number of carbonyl (C=O) groups is 2. The zero-order chi connectivity index (χ0) is 22.6. The summed E-state index contributed by atoms with van der Waals surface area (Å²) >= 11 is 1.23. The summed E-state index contributed by atoms with van der Waals surface area (Å²) in [7, 11) is 0. The van der Waals surface area contributed by atoms with Crippen molar-refractivity contribution < 1.29 is 22.8 Å². The number of anilines is 1. The van der Waals surface area contributed by atoms with Gasteiger partial charge in [0.2, 0.25) is 5.91 Å². The van der Waals surface area contributed by atoms with Crippen molar-refractivity contribution in [2.45, 2.75) is 70.6 Å². The first-order valence-electron chi connectivity index (χ1n) is 10.6. The number of rotatable bonds is 6. The average Bonchev–Trinajstić information content (AvgIpc) is 3.17. The van der Waals surface area contributed by atoms with E-state index < -0.39 is 24.0 Å². The monoisotopic (exact) mass is 452 g/mol. The van der Waals surface area contributed by atoms with Crippen molar-refractivity contribution in [1.29, 1.82) is 0 Å². The number of para-hydroxylation sites is 1. The van der Waals surface area contributed by atoms with E-state index in [1.165, 1.54) is 17.4 Å². The van der Waals surface area contributed by atoms with Crippen LogP contribution in [0.3, 0.4) is 0 Å². The lowest BCUT2D eigenvalue weighted by Crippen LogP contribution is -2.50. The van der Waals surface area contributed by atoms with Crippen molar-refractivity contribution in [3.8, 4) is 0 Å². The number of aryl methyl sites for hydroxylation is 2. The van der Waals surface area contributed by atoms with E-state index in [0.29, 0.717) is 21.8 Å². The maximum atomic E-state index is 13.7. The first-order valence-corrected chi connectivity index (χ1v) is 11.4. The smallest absolute Gasteiger partial charge is 0.351 e. The number of nitrogens with zero attached hydrogens (tertiary/aromatic N) is 1. The van der Waals surface area contributed by atoms with Crippen LogP contribution in [-0.4, -0.2) is 24.0 Å². The maximum Gasteiger partial charge on any atom is 0.471 e. The zero-order valence-corrected chi connectivity index (χ0v) is 18.5. The van der Waals surface area contributed by atoms with E-state index in [4.69, 9.17) is 0 Å². The number of carbonyl (C=O) groups excluding carboxylic acids is 2. The Bertz CT molecular complexity index is 920. The molecule has 1 aliphatic rings. The minimum atomic E-state index is -5.11. The minimum Gasteiger partial charge on any atom is -0.351 e. The van der Waals surface area contributed by atoms with Gasteiger partial charge in [0.15, 0.2) is 6.04 Å². The van der Waals surface area contributed by atoms with E-state index in [-0.39, 0.29) is 11.7 Å². The van der Waals surface area contributed by atoms with Crippen LogP contribution in [0.2, 0.25) is 0 Å². The molecule has 8 heteroatoms.